The van der Waals surface area contributed by atoms with Crippen LogP contribution in [0.2, 0.25) is 0 Å². The molecule has 1 aliphatic heterocycles. The van der Waals surface area contributed by atoms with E-state index in [4.69, 9.17) is 9.47 Å². The second-order valence-corrected chi connectivity index (χ2v) is 11.1. The summed E-state index contributed by atoms with van der Waals surface area (Å²) in [5, 5.41) is 3.81. The van der Waals surface area contributed by atoms with E-state index in [2.05, 4.69) is 10.3 Å². The molecule has 2 amide bonds. The van der Waals surface area contributed by atoms with E-state index >= 15 is 0 Å². The SMILES string of the molecule is CC(C)(C)CC(=O)OC1CCN(C(=O)[C@H](Cc2c[nH]c3ccccc23)NC(=O)OCc2ccccc2)CC1. The molecule has 2 aromatic carbocycles. The van der Waals surface area contributed by atoms with E-state index in [9.17, 15) is 14.4 Å². The molecule has 202 valence electrons. The lowest BCUT2D eigenvalue weighted by Gasteiger charge is -2.34. The molecule has 0 aliphatic carbocycles. The molecule has 1 aliphatic rings. The van der Waals surface area contributed by atoms with Crippen molar-refractivity contribution in [2.24, 2.45) is 5.41 Å². The molecule has 2 N–H and O–H groups in total. The molecule has 0 unspecified atom stereocenters. The predicted molar refractivity (Wildman–Crippen MR) is 145 cm³/mol. The Balaban J connectivity index is 1.40. The Hall–Kier alpha value is -3.81. The number of benzene rings is 2. The summed E-state index contributed by atoms with van der Waals surface area (Å²) in [5.41, 5.74) is 2.64. The molecule has 8 heteroatoms. The number of aromatic nitrogens is 1. The maximum Gasteiger partial charge on any atom is 0.408 e. The molecule has 1 atom stereocenters. The number of alkyl carbamates (subject to hydrolysis) is 1. The molecule has 0 radical (unpaired) electrons. The number of nitrogens with zero attached hydrogens (tertiary/aromatic N) is 1. The zero-order valence-corrected chi connectivity index (χ0v) is 22.4. The fraction of sp³-hybridized carbons (Fsp3) is 0.433. The number of hydrogen-bond donors (Lipinski definition) is 2. The standard InChI is InChI=1S/C30H37N3O5/c1-30(2,3)18-27(34)38-23-13-15-33(16-14-23)28(35)26(17-22-19-31-25-12-8-7-11-24(22)25)32-29(36)37-20-21-9-5-4-6-10-21/h4-12,19,23,26,31H,13-18,20H2,1-3H3,(H,32,36)/t26-/m0/s1. The Morgan fingerprint density at radius 3 is 2.42 bits per heavy atom. The van der Waals surface area contributed by atoms with Crippen LogP contribution in [0.3, 0.4) is 0 Å². The second-order valence-electron chi connectivity index (χ2n) is 11.1. The lowest BCUT2D eigenvalue weighted by atomic mass is 9.92. The number of ether oxygens (including phenoxy) is 2. The third-order valence-corrected chi connectivity index (χ3v) is 6.63. The van der Waals surface area contributed by atoms with Crippen molar-refractivity contribution >= 4 is 28.9 Å². The van der Waals surface area contributed by atoms with Crippen LogP contribution in [0.5, 0.6) is 0 Å². The number of H-pyrrole nitrogens is 1. The van der Waals surface area contributed by atoms with Crippen molar-refractivity contribution < 1.29 is 23.9 Å². The molecule has 2 heterocycles. The summed E-state index contributed by atoms with van der Waals surface area (Å²) < 4.78 is 11.1. The molecule has 0 bridgehead atoms. The van der Waals surface area contributed by atoms with Crippen LogP contribution < -0.4 is 5.32 Å². The Labute approximate surface area is 223 Å². The highest BCUT2D eigenvalue weighted by Crippen LogP contribution is 2.23. The van der Waals surface area contributed by atoms with Gasteiger partial charge in [-0.2, -0.15) is 0 Å². The first-order valence-corrected chi connectivity index (χ1v) is 13.2. The van der Waals surface area contributed by atoms with Gasteiger partial charge in [0.1, 0.15) is 18.8 Å². The van der Waals surface area contributed by atoms with Gasteiger partial charge in [-0.25, -0.2) is 4.79 Å². The molecule has 38 heavy (non-hydrogen) atoms. The van der Waals surface area contributed by atoms with Crippen molar-refractivity contribution in [1.82, 2.24) is 15.2 Å². The lowest BCUT2D eigenvalue weighted by molar-refractivity contribution is -0.154. The Morgan fingerprint density at radius 1 is 1.03 bits per heavy atom. The number of likely N-dealkylation sites (tertiary alicyclic amines) is 1. The van der Waals surface area contributed by atoms with Gasteiger partial charge in [-0.15, -0.1) is 0 Å². The Morgan fingerprint density at radius 2 is 1.71 bits per heavy atom. The third-order valence-electron chi connectivity index (χ3n) is 6.63. The Kier molecular flexibility index (Phi) is 8.71. The Bertz CT molecular complexity index is 1240. The third kappa shape index (κ3) is 7.60. The normalized spacial score (nSPS) is 15.2. The summed E-state index contributed by atoms with van der Waals surface area (Å²) in [7, 11) is 0. The monoisotopic (exact) mass is 519 g/mol. The van der Waals surface area contributed by atoms with Crippen LogP contribution in [-0.2, 0) is 32.1 Å². The van der Waals surface area contributed by atoms with Gasteiger partial charge in [-0.3, -0.25) is 9.59 Å². The van der Waals surface area contributed by atoms with Gasteiger partial charge in [-0.1, -0.05) is 69.3 Å². The van der Waals surface area contributed by atoms with Crippen LogP contribution in [0.4, 0.5) is 4.79 Å². The van der Waals surface area contributed by atoms with Crippen LogP contribution >= 0.6 is 0 Å². The average molecular weight is 520 g/mol. The first-order valence-electron chi connectivity index (χ1n) is 13.2. The smallest absolute Gasteiger partial charge is 0.408 e. The minimum absolute atomic E-state index is 0.117. The quantitative estimate of drug-likeness (QED) is 0.409. The molecule has 8 nitrogen and oxygen atoms in total. The molecule has 1 fully saturated rings. The maximum atomic E-state index is 13.6. The number of hydrogen-bond acceptors (Lipinski definition) is 5. The van der Waals surface area contributed by atoms with E-state index in [1.165, 1.54) is 0 Å². The van der Waals surface area contributed by atoms with Crippen LogP contribution in [0.15, 0.2) is 60.8 Å². The summed E-state index contributed by atoms with van der Waals surface area (Å²) in [4.78, 5) is 43.6. The molecule has 0 spiro atoms. The highest BCUT2D eigenvalue weighted by atomic mass is 16.5. The zero-order chi connectivity index (χ0) is 27.1. The fourth-order valence-corrected chi connectivity index (χ4v) is 4.70. The van der Waals surface area contributed by atoms with E-state index in [1.807, 2.05) is 81.6 Å². The summed E-state index contributed by atoms with van der Waals surface area (Å²) in [6, 6.07) is 16.5. The number of rotatable bonds is 8. The van der Waals surface area contributed by atoms with Crippen molar-refractivity contribution in [2.75, 3.05) is 13.1 Å². The zero-order valence-electron chi connectivity index (χ0n) is 22.4. The number of nitrogens with one attached hydrogen (secondary N) is 2. The number of esters is 1. The number of carbonyl (C=O) groups excluding carboxylic acids is 3. The largest absolute Gasteiger partial charge is 0.462 e. The van der Waals surface area contributed by atoms with Gasteiger partial charge in [0.15, 0.2) is 0 Å². The van der Waals surface area contributed by atoms with E-state index in [0.717, 1.165) is 22.0 Å². The number of carbonyl (C=O) groups is 3. The minimum Gasteiger partial charge on any atom is -0.462 e. The van der Waals surface area contributed by atoms with Crippen molar-refractivity contribution in [3.8, 4) is 0 Å². The first kappa shape index (κ1) is 27.2. The van der Waals surface area contributed by atoms with Gasteiger partial charge < -0.3 is 24.7 Å². The highest BCUT2D eigenvalue weighted by Gasteiger charge is 2.32. The molecule has 1 aromatic heterocycles. The summed E-state index contributed by atoms with van der Waals surface area (Å²) >= 11 is 0. The summed E-state index contributed by atoms with van der Waals surface area (Å²) in [5.74, 6) is -0.381. The van der Waals surface area contributed by atoms with Crippen molar-refractivity contribution in [2.45, 2.75) is 65.2 Å². The van der Waals surface area contributed by atoms with Crippen LogP contribution in [0.25, 0.3) is 10.9 Å². The van der Waals surface area contributed by atoms with Gasteiger partial charge in [0.2, 0.25) is 5.91 Å². The maximum absolute atomic E-state index is 13.6. The highest BCUT2D eigenvalue weighted by molar-refractivity contribution is 5.88. The number of para-hydroxylation sites is 1. The molecule has 3 aromatic rings. The minimum atomic E-state index is -0.794. The van der Waals surface area contributed by atoms with Crippen molar-refractivity contribution in [1.29, 1.82) is 0 Å². The predicted octanol–water partition coefficient (Wildman–Crippen LogP) is 4.98. The number of aromatic amines is 1. The number of piperidine rings is 1. The van der Waals surface area contributed by atoms with Gasteiger partial charge in [-0.05, 0) is 22.6 Å². The molecule has 0 saturated carbocycles. The van der Waals surface area contributed by atoms with E-state index in [-0.39, 0.29) is 30.0 Å². The molecular formula is C30H37N3O5. The molecule has 1 saturated heterocycles. The number of amides is 2. The summed E-state index contributed by atoms with van der Waals surface area (Å²) in [6.07, 6.45) is 2.85. The van der Waals surface area contributed by atoms with Crippen molar-refractivity contribution in [3.63, 3.8) is 0 Å². The van der Waals surface area contributed by atoms with Crippen molar-refractivity contribution in [3.05, 3.63) is 71.9 Å². The van der Waals surface area contributed by atoms with E-state index in [0.29, 0.717) is 38.8 Å². The van der Waals surface area contributed by atoms with Gasteiger partial charge in [0.25, 0.3) is 0 Å². The van der Waals surface area contributed by atoms with Gasteiger partial charge >= 0.3 is 12.1 Å². The lowest BCUT2D eigenvalue weighted by Crippen LogP contribution is -2.52. The van der Waals surface area contributed by atoms with Crippen LogP contribution in [0.1, 0.15) is 51.2 Å². The van der Waals surface area contributed by atoms with Gasteiger partial charge in [0, 0.05) is 49.5 Å². The topological polar surface area (TPSA) is 101 Å². The fourth-order valence-electron chi connectivity index (χ4n) is 4.70. The molecule has 4 rings (SSSR count). The van der Waals surface area contributed by atoms with Crippen LogP contribution in [0, 0.1) is 5.41 Å². The van der Waals surface area contributed by atoms with E-state index < -0.39 is 12.1 Å². The first-order chi connectivity index (χ1) is 18.2. The number of fused-ring (bicyclic) bond motifs is 1. The van der Waals surface area contributed by atoms with Crippen LogP contribution in [-0.4, -0.2) is 53.1 Å². The van der Waals surface area contributed by atoms with Gasteiger partial charge in [0.05, 0.1) is 6.42 Å². The second kappa shape index (κ2) is 12.2. The molecular weight excluding hydrogens is 482 g/mol. The average Bonchev–Trinajstić information content (AvgIpc) is 3.29. The van der Waals surface area contributed by atoms with E-state index in [1.54, 1.807) is 4.90 Å². The summed E-state index contributed by atoms with van der Waals surface area (Å²) in [6.45, 7) is 7.03.